The molecule has 6 atom stereocenters. The van der Waals surface area contributed by atoms with Gasteiger partial charge in [0.25, 0.3) is 5.92 Å². The second-order valence-corrected chi connectivity index (χ2v) is 12.6. The van der Waals surface area contributed by atoms with E-state index >= 15 is 8.78 Å². The number of piperidine rings is 2. The topological polar surface area (TPSA) is 117 Å². The molecule has 1 aromatic rings. The number of esters is 1. The monoisotopic (exact) mass is 640 g/mol. The van der Waals surface area contributed by atoms with Crippen LogP contribution in [-0.4, -0.2) is 71.8 Å². The standard InChI is InChI=1S/C31H40ClF3N4O5/c1-4-44-30(43)24(33)15-21(13-18-10-11-36-27(18)40)38-28(41)26-23-9-8-22(16-31(23,34)35)39(26)29(42)25(12-17(2)3)37-20-7-5-6-19(32)14-20/h5-7,14-15,17-18,21-23,25-26,37H,4,8-13,16H2,1-3H3,(H,36,40)(H,38,41)/b24-15+/t18-,21+,22-,23-,25+,26+/m1/s1. The number of nitrogens with one attached hydrogen (secondary N) is 3. The molecular formula is C31H40ClF3N4O5. The molecule has 4 fully saturated rings. The Kier molecular flexibility index (Phi) is 10.9. The summed E-state index contributed by atoms with van der Waals surface area (Å²) in [6, 6.07) is 2.33. The molecule has 3 aliphatic heterocycles. The van der Waals surface area contributed by atoms with Gasteiger partial charge in [-0.3, -0.25) is 14.4 Å². The summed E-state index contributed by atoms with van der Waals surface area (Å²) in [6.07, 6.45) is 1.32. The van der Waals surface area contributed by atoms with Crippen LogP contribution in [0.5, 0.6) is 0 Å². The van der Waals surface area contributed by atoms with Crippen molar-refractivity contribution in [2.45, 2.75) is 89.4 Å². The molecule has 13 heteroatoms. The second kappa shape index (κ2) is 14.2. The van der Waals surface area contributed by atoms with Crippen LogP contribution in [0.1, 0.15) is 59.3 Å². The molecule has 9 nitrogen and oxygen atoms in total. The van der Waals surface area contributed by atoms with Crippen molar-refractivity contribution in [3.05, 3.63) is 41.2 Å². The van der Waals surface area contributed by atoms with Crippen LogP contribution < -0.4 is 16.0 Å². The number of rotatable bonds is 12. The molecule has 3 heterocycles. The van der Waals surface area contributed by atoms with Crippen molar-refractivity contribution in [3.8, 4) is 0 Å². The Bertz CT molecular complexity index is 1280. The van der Waals surface area contributed by atoms with Crippen LogP contribution in [0, 0.1) is 17.8 Å². The summed E-state index contributed by atoms with van der Waals surface area (Å²) in [5.41, 5.74) is 0.569. The Labute approximate surface area is 260 Å². The highest BCUT2D eigenvalue weighted by atomic mass is 35.5. The smallest absolute Gasteiger partial charge is 0.366 e. The van der Waals surface area contributed by atoms with E-state index in [9.17, 15) is 23.6 Å². The van der Waals surface area contributed by atoms with Gasteiger partial charge in [-0.2, -0.15) is 4.39 Å². The number of anilines is 1. The van der Waals surface area contributed by atoms with Gasteiger partial charge in [0.15, 0.2) is 0 Å². The second-order valence-electron chi connectivity index (χ2n) is 12.2. The quantitative estimate of drug-likeness (QED) is 0.227. The number of amides is 3. The third kappa shape index (κ3) is 7.86. The Morgan fingerprint density at radius 3 is 2.59 bits per heavy atom. The van der Waals surface area contributed by atoms with E-state index in [4.69, 9.17) is 16.3 Å². The molecule has 1 aromatic carbocycles. The van der Waals surface area contributed by atoms with Crippen LogP contribution in [-0.2, 0) is 23.9 Å². The molecule has 242 valence electrons. The Morgan fingerprint density at radius 1 is 1.23 bits per heavy atom. The number of benzene rings is 1. The van der Waals surface area contributed by atoms with Crippen molar-refractivity contribution in [1.29, 1.82) is 0 Å². The zero-order chi connectivity index (χ0) is 32.2. The minimum Gasteiger partial charge on any atom is -0.461 e. The van der Waals surface area contributed by atoms with Crippen molar-refractivity contribution in [3.63, 3.8) is 0 Å². The molecule has 1 saturated carbocycles. The molecule has 1 aliphatic carbocycles. The molecule has 0 radical (unpaired) electrons. The fraction of sp³-hybridized carbons (Fsp3) is 0.613. The van der Waals surface area contributed by atoms with Gasteiger partial charge in [0.1, 0.15) is 12.1 Å². The molecule has 0 aromatic heterocycles. The van der Waals surface area contributed by atoms with E-state index in [0.717, 1.165) is 6.08 Å². The fourth-order valence-corrected chi connectivity index (χ4v) is 6.72. The van der Waals surface area contributed by atoms with E-state index in [1.807, 2.05) is 13.8 Å². The number of hydrogen-bond acceptors (Lipinski definition) is 6. The highest BCUT2D eigenvalue weighted by Crippen LogP contribution is 2.49. The maximum atomic E-state index is 15.3. The third-order valence-electron chi connectivity index (χ3n) is 8.48. The van der Waals surface area contributed by atoms with Crippen LogP contribution in [0.3, 0.4) is 0 Å². The predicted octanol–water partition coefficient (Wildman–Crippen LogP) is 4.61. The molecule has 0 spiro atoms. The number of ether oxygens (including phenoxy) is 1. The summed E-state index contributed by atoms with van der Waals surface area (Å²) in [5.74, 6) is -9.42. The van der Waals surface area contributed by atoms with Gasteiger partial charge in [-0.1, -0.05) is 31.5 Å². The van der Waals surface area contributed by atoms with Gasteiger partial charge in [0.05, 0.1) is 18.6 Å². The summed E-state index contributed by atoms with van der Waals surface area (Å²) in [6.45, 7) is 5.67. The first-order chi connectivity index (χ1) is 20.8. The van der Waals surface area contributed by atoms with E-state index in [1.54, 1.807) is 24.3 Å². The van der Waals surface area contributed by atoms with Gasteiger partial charge in [-0.05, 0) is 69.2 Å². The number of carbonyl (C=O) groups is 4. The van der Waals surface area contributed by atoms with Crippen LogP contribution in [0.2, 0.25) is 5.02 Å². The number of fused-ring (bicyclic) bond motifs is 3. The van der Waals surface area contributed by atoms with E-state index in [0.29, 0.717) is 36.5 Å². The largest absolute Gasteiger partial charge is 0.461 e. The van der Waals surface area contributed by atoms with Crippen LogP contribution in [0.4, 0.5) is 18.9 Å². The van der Waals surface area contributed by atoms with Gasteiger partial charge in [0, 0.05) is 35.6 Å². The number of carbonyl (C=O) groups excluding carboxylic acids is 4. The molecule has 4 aliphatic rings. The first-order valence-electron chi connectivity index (χ1n) is 15.1. The van der Waals surface area contributed by atoms with E-state index in [2.05, 4.69) is 16.0 Å². The summed E-state index contributed by atoms with van der Waals surface area (Å²) < 4.78 is 50.1. The molecule has 0 unspecified atom stereocenters. The van der Waals surface area contributed by atoms with Crippen molar-refractivity contribution in [2.75, 3.05) is 18.5 Å². The van der Waals surface area contributed by atoms with Crippen molar-refractivity contribution in [1.82, 2.24) is 15.5 Å². The molecule has 44 heavy (non-hydrogen) atoms. The highest BCUT2D eigenvalue weighted by Gasteiger charge is 2.61. The first-order valence-corrected chi connectivity index (χ1v) is 15.5. The lowest BCUT2D eigenvalue weighted by atomic mass is 9.71. The van der Waals surface area contributed by atoms with E-state index < -0.39 is 72.0 Å². The van der Waals surface area contributed by atoms with Crippen LogP contribution >= 0.6 is 11.6 Å². The molecule has 2 bridgehead atoms. The van der Waals surface area contributed by atoms with Gasteiger partial charge < -0.3 is 25.6 Å². The summed E-state index contributed by atoms with van der Waals surface area (Å²) in [4.78, 5) is 53.7. The summed E-state index contributed by atoms with van der Waals surface area (Å²) in [5, 5.41) is 8.90. The fourth-order valence-electron chi connectivity index (χ4n) is 6.53. The number of alkyl halides is 2. The minimum atomic E-state index is -3.21. The van der Waals surface area contributed by atoms with Gasteiger partial charge in [-0.15, -0.1) is 0 Å². The first kappa shape index (κ1) is 33.6. The number of halogens is 4. The maximum absolute atomic E-state index is 15.3. The SMILES string of the molecule is CCOC(=O)/C(F)=C\[C@H](C[C@H]1CCNC1=O)NC(=O)[C@@H]1[C@H]2CC[C@H](CC2(F)F)N1C(=O)[C@H](CC(C)C)Nc1cccc(Cl)c1. The molecule has 3 N–H and O–H groups in total. The average Bonchev–Trinajstić information content (AvgIpc) is 3.35. The Hall–Kier alpha value is -3.28. The van der Waals surface area contributed by atoms with Crippen molar-refractivity contribution < 1.29 is 37.1 Å². The molecular weight excluding hydrogens is 601 g/mol. The zero-order valence-corrected chi connectivity index (χ0v) is 25.8. The lowest BCUT2D eigenvalue weighted by Gasteiger charge is -2.54. The summed E-state index contributed by atoms with van der Waals surface area (Å²) >= 11 is 6.14. The lowest BCUT2D eigenvalue weighted by Crippen LogP contribution is -2.70. The Balaban J connectivity index is 1.65. The minimum absolute atomic E-state index is 0.0266. The molecule has 5 rings (SSSR count). The van der Waals surface area contributed by atoms with Gasteiger partial charge >= 0.3 is 5.97 Å². The van der Waals surface area contributed by atoms with Crippen LogP contribution in [0.25, 0.3) is 0 Å². The number of hydrogen-bond donors (Lipinski definition) is 3. The Morgan fingerprint density at radius 2 is 1.98 bits per heavy atom. The molecule has 3 amide bonds. The third-order valence-corrected chi connectivity index (χ3v) is 8.71. The van der Waals surface area contributed by atoms with Crippen molar-refractivity contribution >= 4 is 41.0 Å². The highest BCUT2D eigenvalue weighted by molar-refractivity contribution is 6.30. The molecule has 3 saturated heterocycles. The normalized spacial score (nSPS) is 25.8. The van der Waals surface area contributed by atoms with E-state index in [1.165, 1.54) is 11.8 Å². The zero-order valence-electron chi connectivity index (χ0n) is 25.1. The number of nitrogens with zero attached hydrogens (tertiary/aromatic N) is 1. The van der Waals surface area contributed by atoms with Gasteiger partial charge in [0.2, 0.25) is 23.5 Å². The predicted molar refractivity (Wildman–Crippen MR) is 159 cm³/mol. The summed E-state index contributed by atoms with van der Waals surface area (Å²) in [7, 11) is 0. The van der Waals surface area contributed by atoms with E-state index in [-0.39, 0.29) is 31.3 Å². The maximum Gasteiger partial charge on any atom is 0.366 e. The lowest BCUT2D eigenvalue weighted by molar-refractivity contribution is -0.194. The van der Waals surface area contributed by atoms with Crippen LogP contribution in [0.15, 0.2) is 36.2 Å². The van der Waals surface area contributed by atoms with Crippen molar-refractivity contribution in [2.24, 2.45) is 17.8 Å². The van der Waals surface area contributed by atoms with Gasteiger partial charge in [-0.25, -0.2) is 13.6 Å². The average molecular weight is 641 g/mol.